The van der Waals surface area contributed by atoms with Crippen molar-refractivity contribution >= 4 is 28.4 Å². The Balaban J connectivity index is 1.58. The van der Waals surface area contributed by atoms with Gasteiger partial charge in [0.2, 0.25) is 5.91 Å². The number of carbonyl (C=O) groups excluding carboxylic acids is 2. The third kappa shape index (κ3) is 6.47. The molecule has 7 nitrogen and oxygen atoms in total. The van der Waals surface area contributed by atoms with Crippen molar-refractivity contribution in [3.05, 3.63) is 89.6 Å². The molecule has 0 fully saturated rings. The van der Waals surface area contributed by atoms with Crippen LogP contribution in [-0.4, -0.2) is 53.3 Å². The third-order valence-corrected chi connectivity index (χ3v) is 6.42. The molecule has 0 aliphatic rings. The lowest BCUT2D eigenvalue weighted by atomic mass is 9.92. The van der Waals surface area contributed by atoms with Gasteiger partial charge in [-0.15, -0.1) is 0 Å². The highest BCUT2D eigenvalue weighted by molar-refractivity contribution is 6.01. The first kappa shape index (κ1) is 27.1. The first-order valence-corrected chi connectivity index (χ1v) is 12.9. The van der Waals surface area contributed by atoms with Gasteiger partial charge >= 0.3 is 0 Å². The van der Waals surface area contributed by atoms with Crippen LogP contribution in [0.4, 0.5) is 5.82 Å². The Labute approximate surface area is 224 Å². The molecule has 4 aromatic rings. The van der Waals surface area contributed by atoms with Gasteiger partial charge in [0.05, 0.1) is 11.4 Å². The largest absolute Gasteiger partial charge is 0.385 e. The van der Waals surface area contributed by atoms with E-state index in [9.17, 15) is 9.59 Å². The number of benzene rings is 3. The van der Waals surface area contributed by atoms with Crippen LogP contribution in [0.25, 0.3) is 16.5 Å². The summed E-state index contributed by atoms with van der Waals surface area (Å²) in [5.74, 6) is 0.0912. The van der Waals surface area contributed by atoms with Crippen molar-refractivity contribution in [2.75, 3.05) is 32.1 Å². The number of anilines is 1. The van der Waals surface area contributed by atoms with Crippen LogP contribution < -0.4 is 5.32 Å². The maximum absolute atomic E-state index is 13.5. The van der Waals surface area contributed by atoms with Gasteiger partial charge in [0, 0.05) is 37.3 Å². The van der Waals surface area contributed by atoms with Gasteiger partial charge in [0.15, 0.2) is 0 Å². The van der Waals surface area contributed by atoms with E-state index in [1.807, 2.05) is 79.7 Å². The number of fused-ring (bicyclic) bond motifs is 1. The van der Waals surface area contributed by atoms with Crippen molar-refractivity contribution in [1.29, 1.82) is 0 Å². The van der Waals surface area contributed by atoms with E-state index in [4.69, 9.17) is 9.84 Å². The Hall–Kier alpha value is -3.97. The number of amides is 2. The molecule has 0 saturated carbocycles. The van der Waals surface area contributed by atoms with Crippen molar-refractivity contribution in [2.24, 2.45) is 0 Å². The summed E-state index contributed by atoms with van der Waals surface area (Å²) < 4.78 is 6.94. The van der Waals surface area contributed by atoms with E-state index in [-0.39, 0.29) is 23.8 Å². The van der Waals surface area contributed by atoms with E-state index in [0.717, 1.165) is 27.7 Å². The molecule has 0 saturated heterocycles. The van der Waals surface area contributed by atoms with Crippen molar-refractivity contribution < 1.29 is 14.3 Å². The molecule has 0 unspecified atom stereocenters. The number of carbonyl (C=O) groups is 2. The number of ether oxygens (including phenoxy) is 1. The van der Waals surface area contributed by atoms with Crippen LogP contribution in [0.2, 0.25) is 0 Å². The number of nitrogens with zero attached hydrogens (tertiary/aromatic N) is 3. The zero-order valence-electron chi connectivity index (χ0n) is 22.8. The van der Waals surface area contributed by atoms with E-state index >= 15 is 0 Å². The van der Waals surface area contributed by atoms with Gasteiger partial charge in [0.25, 0.3) is 5.91 Å². The molecule has 0 spiro atoms. The molecule has 1 aromatic heterocycles. The normalized spacial score (nSPS) is 11.5. The Morgan fingerprint density at radius 2 is 1.68 bits per heavy atom. The van der Waals surface area contributed by atoms with Crippen molar-refractivity contribution in [3.8, 4) is 5.69 Å². The Morgan fingerprint density at radius 3 is 2.37 bits per heavy atom. The number of aryl methyl sites for hydroxylation is 1. The van der Waals surface area contributed by atoms with E-state index < -0.39 is 0 Å². The van der Waals surface area contributed by atoms with E-state index in [0.29, 0.717) is 31.0 Å². The summed E-state index contributed by atoms with van der Waals surface area (Å²) in [6, 6.07) is 23.4. The number of methoxy groups -OCH3 is 1. The predicted molar refractivity (Wildman–Crippen MR) is 152 cm³/mol. The van der Waals surface area contributed by atoms with Crippen molar-refractivity contribution in [2.45, 2.75) is 39.5 Å². The average Bonchev–Trinajstić information content (AvgIpc) is 3.32. The lowest BCUT2D eigenvalue weighted by Gasteiger charge is -2.22. The van der Waals surface area contributed by atoms with Crippen LogP contribution in [0, 0.1) is 6.92 Å². The molecule has 2 amide bonds. The topological polar surface area (TPSA) is 76.5 Å². The lowest BCUT2D eigenvalue weighted by Crippen LogP contribution is -2.39. The second-order valence-electron chi connectivity index (χ2n) is 10.6. The fourth-order valence-corrected chi connectivity index (χ4v) is 4.23. The van der Waals surface area contributed by atoms with Gasteiger partial charge in [-0.25, -0.2) is 4.68 Å². The predicted octanol–water partition coefficient (Wildman–Crippen LogP) is 5.75. The molecule has 3 aromatic carbocycles. The molecular formula is C31H36N4O3. The smallest absolute Gasteiger partial charge is 0.254 e. The van der Waals surface area contributed by atoms with Crippen molar-refractivity contribution in [1.82, 2.24) is 14.7 Å². The Kier molecular flexibility index (Phi) is 8.27. The molecule has 0 radical (unpaired) electrons. The first-order valence-electron chi connectivity index (χ1n) is 12.9. The van der Waals surface area contributed by atoms with Crippen molar-refractivity contribution in [3.63, 3.8) is 0 Å². The zero-order chi connectivity index (χ0) is 27.3. The van der Waals surface area contributed by atoms with Crippen LogP contribution in [-0.2, 0) is 14.9 Å². The summed E-state index contributed by atoms with van der Waals surface area (Å²) in [7, 11) is 1.63. The van der Waals surface area contributed by atoms with E-state index in [1.54, 1.807) is 16.7 Å². The molecule has 0 aliphatic carbocycles. The second kappa shape index (κ2) is 11.6. The number of hydrogen-bond donors (Lipinski definition) is 1. The van der Waals surface area contributed by atoms with Gasteiger partial charge in [0.1, 0.15) is 12.4 Å². The number of aromatic nitrogens is 2. The fourth-order valence-electron chi connectivity index (χ4n) is 4.23. The maximum atomic E-state index is 13.5. The summed E-state index contributed by atoms with van der Waals surface area (Å²) in [4.78, 5) is 28.4. The van der Waals surface area contributed by atoms with Gasteiger partial charge in [-0.05, 0) is 48.4 Å². The van der Waals surface area contributed by atoms with Crippen LogP contribution in [0.15, 0.2) is 72.8 Å². The molecule has 4 rings (SSSR count). The molecule has 198 valence electrons. The van der Waals surface area contributed by atoms with Crippen LogP contribution >= 0.6 is 0 Å². The molecular weight excluding hydrogens is 476 g/mol. The highest BCUT2D eigenvalue weighted by Crippen LogP contribution is 2.26. The first-order chi connectivity index (χ1) is 18.2. The summed E-state index contributed by atoms with van der Waals surface area (Å²) in [6.45, 7) is 9.09. The number of rotatable bonds is 9. The van der Waals surface area contributed by atoms with Gasteiger partial charge in [-0.3, -0.25) is 9.59 Å². The van der Waals surface area contributed by atoms with Gasteiger partial charge in [-0.2, -0.15) is 5.10 Å². The third-order valence-electron chi connectivity index (χ3n) is 6.42. The average molecular weight is 513 g/mol. The number of nitrogens with one attached hydrogen (secondary N) is 1. The molecule has 0 aliphatic heterocycles. The highest BCUT2D eigenvalue weighted by atomic mass is 16.5. The van der Waals surface area contributed by atoms with E-state index in [1.165, 1.54) is 0 Å². The zero-order valence-corrected chi connectivity index (χ0v) is 22.8. The second-order valence-corrected chi connectivity index (χ2v) is 10.6. The molecule has 7 heteroatoms. The SMILES string of the molecule is COCCCN(CC(=O)Nc1cc(C(C)(C)C)nn1-c1ccc(C)cc1)C(=O)c1ccc2ccccc2c1. The maximum Gasteiger partial charge on any atom is 0.254 e. The molecule has 1 heterocycles. The van der Waals surface area contributed by atoms with E-state index in [2.05, 4.69) is 26.1 Å². The van der Waals surface area contributed by atoms with Crippen LogP contribution in [0.5, 0.6) is 0 Å². The highest BCUT2D eigenvalue weighted by Gasteiger charge is 2.23. The molecule has 0 atom stereocenters. The fraction of sp³-hybridized carbons (Fsp3) is 0.323. The van der Waals surface area contributed by atoms with Crippen LogP contribution in [0.1, 0.15) is 48.8 Å². The van der Waals surface area contributed by atoms with Gasteiger partial charge in [-0.1, -0.05) is 68.8 Å². The quantitative estimate of drug-likeness (QED) is 0.290. The lowest BCUT2D eigenvalue weighted by molar-refractivity contribution is -0.117. The summed E-state index contributed by atoms with van der Waals surface area (Å²) in [5, 5.41) is 9.84. The summed E-state index contributed by atoms with van der Waals surface area (Å²) in [6.07, 6.45) is 0.624. The standard InChI is InChI=1S/C31H36N4O3/c1-22-11-15-26(16-12-22)35-28(20-27(33-35)31(2,3)4)32-29(36)21-34(17-8-18-38-5)30(37)25-14-13-23-9-6-7-10-24(23)19-25/h6-7,9-16,19-20H,8,17-18,21H2,1-5H3,(H,32,36). The van der Waals surface area contributed by atoms with Crippen LogP contribution in [0.3, 0.4) is 0 Å². The van der Waals surface area contributed by atoms with Gasteiger partial charge < -0.3 is 15.0 Å². The number of hydrogen-bond acceptors (Lipinski definition) is 4. The Bertz CT molecular complexity index is 1420. The minimum Gasteiger partial charge on any atom is -0.385 e. The summed E-state index contributed by atoms with van der Waals surface area (Å²) in [5.41, 5.74) is 3.20. The Morgan fingerprint density at radius 1 is 0.974 bits per heavy atom. The summed E-state index contributed by atoms with van der Waals surface area (Å²) >= 11 is 0. The molecule has 0 bridgehead atoms. The monoisotopic (exact) mass is 512 g/mol. The molecule has 38 heavy (non-hydrogen) atoms. The minimum absolute atomic E-state index is 0.0840. The molecule has 1 N–H and O–H groups in total. The minimum atomic E-state index is -0.287.